The van der Waals surface area contributed by atoms with Crippen molar-refractivity contribution in [2.45, 2.75) is 63.4 Å². The number of aliphatic imine (C=N–C) groups is 1. The van der Waals surface area contributed by atoms with Crippen LogP contribution in [0.3, 0.4) is 0 Å². The van der Waals surface area contributed by atoms with E-state index in [2.05, 4.69) is 31.0 Å². The number of benzene rings is 1. The predicted octanol–water partition coefficient (Wildman–Crippen LogP) is 4.90. The molecule has 1 aromatic heterocycles. The number of rotatable bonds is 7. The van der Waals surface area contributed by atoms with Crippen LogP contribution in [0, 0.1) is 17.3 Å². The molecule has 1 spiro atoms. The summed E-state index contributed by atoms with van der Waals surface area (Å²) in [6.07, 6.45) is 7.36. The molecule has 4 aliphatic rings. The van der Waals surface area contributed by atoms with Gasteiger partial charge in [-0.2, -0.15) is 0 Å². The smallest absolute Gasteiger partial charge is 0.232 e. The molecule has 1 aromatic carbocycles. The van der Waals surface area contributed by atoms with Gasteiger partial charge in [0.1, 0.15) is 11.5 Å². The first-order valence-electron chi connectivity index (χ1n) is 13.6. The SMILES string of the molecule is C=CC[C@]12C[C@@]3(O[C@H](C4CCNCC4)N=C3C[C@H](c3ccc(OC)cc3)[C@H]1C)N(Cc1ccco1)C2=O. The van der Waals surface area contributed by atoms with Crippen molar-refractivity contribution in [3.63, 3.8) is 0 Å². The van der Waals surface area contributed by atoms with Gasteiger partial charge in [0, 0.05) is 12.3 Å². The van der Waals surface area contributed by atoms with E-state index in [1.807, 2.05) is 35.2 Å². The molecule has 1 N–H and O–H groups in total. The minimum atomic E-state index is -0.849. The normalized spacial score (nSPS) is 33.7. The number of allylic oxidation sites excluding steroid dienone is 1. The first kappa shape index (κ1) is 24.4. The molecule has 3 aliphatic heterocycles. The highest BCUT2D eigenvalue weighted by atomic mass is 16.6. The van der Waals surface area contributed by atoms with Crippen LogP contribution in [0.25, 0.3) is 0 Å². The maximum Gasteiger partial charge on any atom is 0.232 e. The van der Waals surface area contributed by atoms with Gasteiger partial charge in [0.05, 0.1) is 31.0 Å². The van der Waals surface area contributed by atoms with Crippen molar-refractivity contribution in [1.29, 1.82) is 0 Å². The predicted molar refractivity (Wildman–Crippen MR) is 141 cm³/mol. The van der Waals surface area contributed by atoms with E-state index in [4.69, 9.17) is 18.9 Å². The summed E-state index contributed by atoms with van der Waals surface area (Å²) in [4.78, 5) is 21.8. The Morgan fingerprint density at radius 3 is 2.70 bits per heavy atom. The minimum Gasteiger partial charge on any atom is -0.497 e. The zero-order valence-corrected chi connectivity index (χ0v) is 21.8. The summed E-state index contributed by atoms with van der Waals surface area (Å²) in [6.45, 7) is 8.63. The Kier molecular flexibility index (Phi) is 6.24. The Morgan fingerprint density at radius 1 is 1.24 bits per heavy atom. The number of fused-ring (bicyclic) bond motifs is 1. The monoisotopic (exact) mass is 503 g/mol. The highest BCUT2D eigenvalue weighted by molar-refractivity contribution is 6.02. The second kappa shape index (κ2) is 9.44. The fourth-order valence-electron chi connectivity index (χ4n) is 7.23. The van der Waals surface area contributed by atoms with Crippen molar-refractivity contribution < 1.29 is 18.7 Å². The topological polar surface area (TPSA) is 76.3 Å². The molecule has 7 nitrogen and oxygen atoms in total. The Morgan fingerprint density at radius 2 is 2.03 bits per heavy atom. The van der Waals surface area contributed by atoms with E-state index in [1.54, 1.807) is 13.4 Å². The van der Waals surface area contributed by atoms with Gasteiger partial charge >= 0.3 is 0 Å². The average molecular weight is 504 g/mol. The lowest BCUT2D eigenvalue weighted by molar-refractivity contribution is -0.157. The summed E-state index contributed by atoms with van der Waals surface area (Å²) in [5.41, 5.74) is 0.738. The number of hydrogen-bond acceptors (Lipinski definition) is 6. The molecule has 37 heavy (non-hydrogen) atoms. The van der Waals surface area contributed by atoms with Gasteiger partial charge in [0.25, 0.3) is 0 Å². The lowest BCUT2D eigenvalue weighted by atomic mass is 9.66. The van der Waals surface area contributed by atoms with Crippen molar-refractivity contribution in [2.24, 2.45) is 22.2 Å². The van der Waals surface area contributed by atoms with E-state index in [-0.39, 0.29) is 24.0 Å². The van der Waals surface area contributed by atoms with Gasteiger partial charge in [-0.05, 0) is 80.4 Å². The van der Waals surface area contributed by atoms with Crippen LogP contribution in [0.5, 0.6) is 5.75 Å². The van der Waals surface area contributed by atoms with Crippen molar-refractivity contribution >= 4 is 11.6 Å². The van der Waals surface area contributed by atoms with Crippen LogP contribution in [-0.2, 0) is 16.1 Å². The Labute approximate surface area is 218 Å². The number of carbonyl (C=O) groups is 1. The number of piperidine rings is 1. The van der Waals surface area contributed by atoms with Gasteiger partial charge in [0.15, 0.2) is 12.0 Å². The van der Waals surface area contributed by atoms with Gasteiger partial charge in [-0.25, -0.2) is 0 Å². The standard InChI is InChI=1S/C30H37N3O4/c1-4-13-29-19-30(33(28(29)34)18-24-6-5-16-36-24)26(32-27(37-30)22-11-14-31-15-12-22)17-25(20(29)2)21-7-9-23(35-3)10-8-21/h4-10,16,20,22,25,27,31H,1,11-15,17-19H2,2-3H3/t20-,25+,27-,29+,30+/m1/s1. The molecule has 2 saturated heterocycles. The van der Waals surface area contributed by atoms with Gasteiger partial charge in [-0.3, -0.25) is 9.79 Å². The third-order valence-electron chi connectivity index (χ3n) is 9.33. The van der Waals surface area contributed by atoms with Crippen LogP contribution in [0.4, 0.5) is 0 Å². The third-order valence-corrected chi connectivity index (χ3v) is 9.33. The number of carbonyl (C=O) groups excluding carboxylic acids is 1. The molecule has 1 aliphatic carbocycles. The number of nitrogens with zero attached hydrogens (tertiary/aromatic N) is 2. The lowest BCUT2D eigenvalue weighted by Gasteiger charge is -2.39. The van der Waals surface area contributed by atoms with E-state index in [0.717, 1.165) is 49.6 Å². The molecular formula is C30H37N3O4. The van der Waals surface area contributed by atoms with Crippen LogP contribution in [0.15, 0.2) is 64.7 Å². The fraction of sp³-hybridized carbons (Fsp3) is 0.533. The van der Waals surface area contributed by atoms with Crippen molar-refractivity contribution in [3.8, 4) is 5.75 Å². The quantitative estimate of drug-likeness (QED) is 0.544. The maximum atomic E-state index is 14.6. The number of ether oxygens (including phenoxy) is 2. The maximum absolute atomic E-state index is 14.6. The Hall–Kier alpha value is -2.90. The molecule has 2 bridgehead atoms. The van der Waals surface area contributed by atoms with Crippen LogP contribution >= 0.6 is 0 Å². The number of nitrogens with one attached hydrogen (secondary N) is 1. The summed E-state index contributed by atoms with van der Waals surface area (Å²) in [5.74, 6) is 2.26. The number of likely N-dealkylation sites (tertiary alicyclic amines) is 1. The largest absolute Gasteiger partial charge is 0.497 e. The van der Waals surface area contributed by atoms with Crippen LogP contribution in [0.2, 0.25) is 0 Å². The van der Waals surface area contributed by atoms with E-state index in [9.17, 15) is 4.79 Å². The molecule has 0 unspecified atom stereocenters. The molecule has 6 rings (SSSR count). The van der Waals surface area contributed by atoms with E-state index in [0.29, 0.717) is 25.3 Å². The molecule has 5 atom stereocenters. The van der Waals surface area contributed by atoms with E-state index in [1.165, 1.54) is 5.56 Å². The number of furan rings is 1. The van der Waals surface area contributed by atoms with Gasteiger partial charge in [-0.1, -0.05) is 25.1 Å². The molecule has 196 valence electrons. The van der Waals surface area contributed by atoms with E-state index >= 15 is 0 Å². The molecule has 3 fully saturated rings. The van der Waals surface area contributed by atoms with Gasteiger partial charge < -0.3 is 24.1 Å². The first-order chi connectivity index (χ1) is 18.0. The molecular weight excluding hydrogens is 466 g/mol. The van der Waals surface area contributed by atoms with Crippen LogP contribution in [-0.4, -0.2) is 48.7 Å². The fourth-order valence-corrected chi connectivity index (χ4v) is 7.23. The zero-order valence-electron chi connectivity index (χ0n) is 21.8. The summed E-state index contributed by atoms with van der Waals surface area (Å²) in [6, 6.07) is 12.1. The first-order valence-corrected chi connectivity index (χ1v) is 13.6. The number of methoxy groups -OCH3 is 1. The Bertz CT molecular complexity index is 1170. The van der Waals surface area contributed by atoms with Crippen LogP contribution < -0.4 is 10.1 Å². The second-order valence-electron chi connectivity index (χ2n) is 11.1. The zero-order chi connectivity index (χ0) is 25.6. The number of hydrogen-bond donors (Lipinski definition) is 1. The molecule has 4 heterocycles. The average Bonchev–Trinajstić information content (AvgIpc) is 3.61. The Balaban J connectivity index is 1.46. The summed E-state index contributed by atoms with van der Waals surface area (Å²) in [7, 11) is 1.68. The summed E-state index contributed by atoms with van der Waals surface area (Å²) < 4.78 is 18.1. The highest BCUT2D eigenvalue weighted by Gasteiger charge is 2.69. The van der Waals surface area contributed by atoms with Crippen molar-refractivity contribution in [3.05, 3.63) is 66.6 Å². The van der Waals surface area contributed by atoms with Crippen molar-refractivity contribution in [2.75, 3.05) is 20.2 Å². The second-order valence-corrected chi connectivity index (χ2v) is 11.1. The molecule has 2 aromatic rings. The van der Waals surface area contributed by atoms with Crippen molar-refractivity contribution in [1.82, 2.24) is 10.2 Å². The van der Waals surface area contributed by atoms with Crippen LogP contribution in [0.1, 0.15) is 56.3 Å². The third kappa shape index (κ3) is 3.86. The molecule has 0 radical (unpaired) electrons. The summed E-state index contributed by atoms with van der Waals surface area (Å²) >= 11 is 0. The van der Waals surface area contributed by atoms with Gasteiger partial charge in [0.2, 0.25) is 5.91 Å². The highest BCUT2D eigenvalue weighted by Crippen LogP contribution is 2.60. The number of amides is 1. The molecule has 1 saturated carbocycles. The molecule has 7 heteroatoms. The van der Waals surface area contributed by atoms with E-state index < -0.39 is 11.1 Å². The minimum absolute atomic E-state index is 0.0686. The van der Waals surface area contributed by atoms with Gasteiger partial charge in [-0.15, -0.1) is 6.58 Å². The molecule has 1 amide bonds. The summed E-state index contributed by atoms with van der Waals surface area (Å²) in [5, 5.41) is 3.45. The lowest BCUT2D eigenvalue weighted by Crippen LogP contribution is -2.53.